The maximum atomic E-state index is 12.7. The van der Waals surface area contributed by atoms with Crippen molar-refractivity contribution < 1.29 is 14.7 Å². The number of aromatic nitrogens is 2. The highest BCUT2D eigenvalue weighted by Gasteiger charge is 2.22. The summed E-state index contributed by atoms with van der Waals surface area (Å²) >= 11 is 6.56. The van der Waals surface area contributed by atoms with Crippen molar-refractivity contribution in [3.05, 3.63) is 46.4 Å². The number of likely N-dealkylation sites (N-methyl/N-ethyl adjacent to an activating group) is 1. The van der Waals surface area contributed by atoms with Crippen LogP contribution in [-0.4, -0.2) is 53.1 Å². The van der Waals surface area contributed by atoms with Crippen LogP contribution in [0.5, 0.6) is 0 Å². The maximum Gasteiger partial charge on any atom is 0.303 e. The van der Waals surface area contributed by atoms with E-state index < -0.39 is 5.97 Å². The Bertz CT molecular complexity index is 1080. The molecule has 1 aromatic heterocycles. The smallest absolute Gasteiger partial charge is 0.303 e. The van der Waals surface area contributed by atoms with Gasteiger partial charge in [0.2, 0.25) is 5.91 Å². The molecule has 0 unspecified atom stereocenters. The molecule has 0 bridgehead atoms. The standard InChI is InChI=1S/C29H40ClN5O3/c1-35(19-26(36)32-23-9-5-6-10-23)29-24(15-16-27(37)38)28(30)33-25(34-29)17-20-11-13-22(14-12-20)31-18-21-7-3-2-4-8-21/h11-14,21,23,31H,2-10,15-19H2,1H3,(H,32,36)(H,37,38). The summed E-state index contributed by atoms with van der Waals surface area (Å²) in [5.41, 5.74) is 2.71. The third kappa shape index (κ3) is 8.32. The predicted molar refractivity (Wildman–Crippen MR) is 151 cm³/mol. The number of hydrogen-bond acceptors (Lipinski definition) is 6. The van der Waals surface area contributed by atoms with Gasteiger partial charge in [-0.15, -0.1) is 0 Å². The summed E-state index contributed by atoms with van der Waals surface area (Å²) in [5, 5.41) is 16.1. The molecule has 0 radical (unpaired) electrons. The zero-order valence-electron chi connectivity index (χ0n) is 22.3. The van der Waals surface area contributed by atoms with E-state index in [2.05, 4.69) is 39.9 Å². The molecule has 1 heterocycles. The van der Waals surface area contributed by atoms with E-state index >= 15 is 0 Å². The van der Waals surface area contributed by atoms with Crippen LogP contribution in [0.1, 0.15) is 81.2 Å². The van der Waals surface area contributed by atoms with Crippen molar-refractivity contribution >= 4 is 35.0 Å². The van der Waals surface area contributed by atoms with Gasteiger partial charge in [-0.3, -0.25) is 9.59 Å². The number of benzene rings is 1. The molecule has 1 aromatic carbocycles. The molecule has 2 aliphatic rings. The molecule has 2 saturated carbocycles. The first kappa shape index (κ1) is 28.1. The fourth-order valence-electron chi connectivity index (χ4n) is 5.54. The van der Waals surface area contributed by atoms with Crippen LogP contribution in [-0.2, 0) is 22.4 Å². The third-order valence-electron chi connectivity index (χ3n) is 7.67. The SMILES string of the molecule is CN(CC(=O)NC1CCCC1)c1nc(Cc2ccc(NCC3CCCCC3)cc2)nc(Cl)c1CCC(=O)O. The van der Waals surface area contributed by atoms with Crippen LogP contribution in [0.25, 0.3) is 0 Å². The fourth-order valence-corrected chi connectivity index (χ4v) is 5.82. The lowest BCUT2D eigenvalue weighted by Crippen LogP contribution is -2.40. The number of rotatable bonds is 12. The molecule has 0 spiro atoms. The van der Waals surface area contributed by atoms with Crippen LogP contribution in [0, 0.1) is 5.92 Å². The maximum absolute atomic E-state index is 12.7. The number of halogens is 1. The van der Waals surface area contributed by atoms with Crippen molar-refractivity contribution in [1.82, 2.24) is 15.3 Å². The Labute approximate surface area is 230 Å². The van der Waals surface area contributed by atoms with Gasteiger partial charge in [-0.2, -0.15) is 0 Å². The Morgan fingerprint density at radius 1 is 1.03 bits per heavy atom. The summed E-state index contributed by atoms with van der Waals surface area (Å²) in [6.07, 6.45) is 11.6. The van der Waals surface area contributed by atoms with Gasteiger partial charge in [-0.25, -0.2) is 9.97 Å². The van der Waals surface area contributed by atoms with Crippen LogP contribution in [0.2, 0.25) is 5.15 Å². The Morgan fingerprint density at radius 2 is 1.71 bits per heavy atom. The molecule has 38 heavy (non-hydrogen) atoms. The second-order valence-corrected chi connectivity index (χ2v) is 11.1. The molecule has 1 amide bonds. The monoisotopic (exact) mass is 541 g/mol. The van der Waals surface area contributed by atoms with Gasteiger partial charge in [-0.05, 0) is 55.7 Å². The molecule has 206 valence electrons. The molecule has 2 aromatic rings. The van der Waals surface area contributed by atoms with Gasteiger partial charge in [-0.1, -0.05) is 55.8 Å². The lowest BCUT2D eigenvalue weighted by molar-refractivity contribution is -0.137. The zero-order valence-corrected chi connectivity index (χ0v) is 23.1. The van der Waals surface area contributed by atoms with Crippen molar-refractivity contribution in [3.8, 4) is 0 Å². The van der Waals surface area contributed by atoms with E-state index in [0.29, 0.717) is 23.6 Å². The van der Waals surface area contributed by atoms with Crippen molar-refractivity contribution in [2.45, 2.75) is 83.1 Å². The Morgan fingerprint density at radius 3 is 2.39 bits per heavy atom. The van der Waals surface area contributed by atoms with Crippen molar-refractivity contribution in [2.24, 2.45) is 5.92 Å². The van der Waals surface area contributed by atoms with Crippen LogP contribution < -0.4 is 15.5 Å². The number of aliphatic carboxylic acids is 1. The largest absolute Gasteiger partial charge is 0.481 e. The van der Waals surface area contributed by atoms with E-state index in [1.807, 2.05) is 0 Å². The Hall–Kier alpha value is -2.87. The number of anilines is 2. The Balaban J connectivity index is 1.44. The van der Waals surface area contributed by atoms with Gasteiger partial charge in [0, 0.05) is 43.7 Å². The van der Waals surface area contributed by atoms with E-state index in [9.17, 15) is 14.7 Å². The molecule has 0 atom stereocenters. The first-order valence-corrected chi connectivity index (χ1v) is 14.4. The highest BCUT2D eigenvalue weighted by atomic mass is 35.5. The normalized spacial score (nSPS) is 16.4. The summed E-state index contributed by atoms with van der Waals surface area (Å²) in [7, 11) is 1.79. The van der Waals surface area contributed by atoms with Crippen molar-refractivity contribution in [3.63, 3.8) is 0 Å². The summed E-state index contributed by atoms with van der Waals surface area (Å²) < 4.78 is 0. The Kier molecular flexibility index (Phi) is 10.2. The second kappa shape index (κ2) is 13.8. The molecular weight excluding hydrogens is 502 g/mol. The van der Waals surface area contributed by atoms with Gasteiger partial charge < -0.3 is 20.6 Å². The first-order valence-electron chi connectivity index (χ1n) is 14.0. The number of carbonyl (C=O) groups excluding carboxylic acids is 1. The van der Waals surface area contributed by atoms with Gasteiger partial charge in [0.05, 0.1) is 6.54 Å². The molecular formula is C29H40ClN5O3. The summed E-state index contributed by atoms with van der Waals surface area (Å²) in [5.74, 6) is 0.809. The number of nitrogens with zero attached hydrogens (tertiary/aromatic N) is 3. The minimum Gasteiger partial charge on any atom is -0.481 e. The number of carboxylic acid groups (broad SMARTS) is 1. The van der Waals surface area contributed by atoms with Crippen LogP contribution >= 0.6 is 11.6 Å². The lowest BCUT2D eigenvalue weighted by atomic mass is 9.89. The quantitative estimate of drug-likeness (QED) is 0.316. The van der Waals surface area contributed by atoms with Gasteiger partial charge in [0.15, 0.2) is 0 Å². The first-order chi connectivity index (χ1) is 18.4. The van der Waals surface area contributed by atoms with Gasteiger partial charge in [0.25, 0.3) is 0 Å². The second-order valence-electron chi connectivity index (χ2n) is 10.8. The minimum atomic E-state index is -0.921. The number of carbonyl (C=O) groups is 2. The van der Waals surface area contributed by atoms with E-state index in [1.54, 1.807) is 11.9 Å². The van der Waals surface area contributed by atoms with Crippen molar-refractivity contribution in [2.75, 3.05) is 30.4 Å². The van der Waals surface area contributed by atoms with Crippen LogP contribution in [0.4, 0.5) is 11.5 Å². The van der Waals surface area contributed by atoms with Gasteiger partial charge in [0.1, 0.15) is 16.8 Å². The molecule has 8 nitrogen and oxygen atoms in total. The number of nitrogens with one attached hydrogen (secondary N) is 2. The van der Waals surface area contributed by atoms with E-state index in [1.165, 1.54) is 32.1 Å². The topological polar surface area (TPSA) is 107 Å². The number of hydrogen-bond donors (Lipinski definition) is 3. The van der Waals surface area contributed by atoms with E-state index in [-0.39, 0.29) is 36.5 Å². The molecule has 0 saturated heterocycles. The average molecular weight is 542 g/mol. The minimum absolute atomic E-state index is 0.0730. The van der Waals surface area contributed by atoms with Crippen LogP contribution in [0.15, 0.2) is 24.3 Å². The summed E-state index contributed by atoms with van der Waals surface area (Å²) in [6.45, 7) is 1.13. The van der Waals surface area contributed by atoms with Crippen LogP contribution in [0.3, 0.4) is 0 Å². The predicted octanol–water partition coefficient (Wildman–Crippen LogP) is 5.23. The lowest BCUT2D eigenvalue weighted by Gasteiger charge is -2.23. The molecule has 4 rings (SSSR count). The third-order valence-corrected chi connectivity index (χ3v) is 7.98. The van der Waals surface area contributed by atoms with Gasteiger partial charge >= 0.3 is 5.97 Å². The number of amides is 1. The fraction of sp³-hybridized carbons (Fsp3) is 0.586. The molecule has 9 heteroatoms. The molecule has 3 N–H and O–H groups in total. The molecule has 2 aliphatic carbocycles. The zero-order chi connectivity index (χ0) is 26.9. The molecule has 0 aliphatic heterocycles. The van der Waals surface area contributed by atoms with E-state index in [4.69, 9.17) is 16.6 Å². The number of carboxylic acids is 1. The van der Waals surface area contributed by atoms with E-state index in [0.717, 1.165) is 49.4 Å². The molecule has 2 fully saturated rings. The van der Waals surface area contributed by atoms with Crippen molar-refractivity contribution in [1.29, 1.82) is 0 Å². The highest BCUT2D eigenvalue weighted by Crippen LogP contribution is 2.27. The average Bonchev–Trinajstić information content (AvgIpc) is 3.40. The highest BCUT2D eigenvalue weighted by molar-refractivity contribution is 6.30. The summed E-state index contributed by atoms with van der Waals surface area (Å²) in [4.78, 5) is 34.9. The summed E-state index contributed by atoms with van der Waals surface area (Å²) in [6, 6.07) is 8.53.